The monoisotopic (exact) mass is 527 g/mol. The molecule has 8 nitrogen and oxygen atoms in total. The lowest BCUT2D eigenvalue weighted by atomic mass is 10.00. The molecule has 2 aromatic heterocycles. The van der Waals surface area contributed by atoms with Crippen molar-refractivity contribution in [2.45, 2.75) is 19.0 Å². The number of anilines is 2. The van der Waals surface area contributed by atoms with Gasteiger partial charge in [-0.25, -0.2) is 0 Å². The molecule has 1 fully saturated rings. The van der Waals surface area contributed by atoms with Crippen LogP contribution in [0.5, 0.6) is 5.75 Å². The van der Waals surface area contributed by atoms with Crippen molar-refractivity contribution >= 4 is 34.6 Å². The third-order valence-corrected chi connectivity index (χ3v) is 6.88. The average Bonchev–Trinajstić information content (AvgIpc) is 3.55. The van der Waals surface area contributed by atoms with Gasteiger partial charge in [0.05, 0.1) is 18.8 Å². The molecule has 38 heavy (non-hydrogen) atoms. The van der Waals surface area contributed by atoms with Crippen LogP contribution < -0.4 is 20.3 Å². The Morgan fingerprint density at radius 2 is 1.84 bits per heavy atom. The Balaban J connectivity index is 1.57. The van der Waals surface area contributed by atoms with E-state index in [1.807, 2.05) is 79.9 Å². The largest absolute Gasteiger partial charge is 0.497 e. The fraction of sp³-hybridized carbons (Fsp3) is 0.207. The number of ether oxygens (including phenoxy) is 2. The number of hydrogen-bond acceptors (Lipinski definition) is 5. The summed E-state index contributed by atoms with van der Waals surface area (Å²) in [6.45, 7) is 1.96. The molecule has 1 aliphatic heterocycles. The lowest BCUT2D eigenvalue weighted by Crippen LogP contribution is -2.30. The topological polar surface area (TPSA) is 80.7 Å². The summed E-state index contributed by atoms with van der Waals surface area (Å²) in [7, 11) is 3.16. The number of amides is 1. The van der Waals surface area contributed by atoms with Gasteiger partial charge in [0.1, 0.15) is 18.4 Å². The molecule has 4 aromatic rings. The van der Waals surface area contributed by atoms with Gasteiger partial charge in [-0.15, -0.1) is 0 Å². The number of nitrogens with one attached hydrogen (secondary N) is 2. The first-order chi connectivity index (χ1) is 18.5. The number of carbonyl (C=O) groups excluding carboxylic acids is 1. The van der Waals surface area contributed by atoms with E-state index >= 15 is 0 Å². The summed E-state index contributed by atoms with van der Waals surface area (Å²) in [5.74, 6) is 0.597. The number of pyridine rings is 1. The number of nitrogens with zero attached hydrogens (tertiary/aromatic N) is 3. The predicted molar refractivity (Wildman–Crippen MR) is 152 cm³/mol. The van der Waals surface area contributed by atoms with Crippen LogP contribution >= 0.6 is 12.2 Å². The third kappa shape index (κ3) is 4.98. The molecule has 0 saturated carbocycles. The number of aryl methyl sites for hydroxylation is 1. The van der Waals surface area contributed by atoms with Crippen LogP contribution in [-0.2, 0) is 9.53 Å². The molecule has 3 heterocycles. The van der Waals surface area contributed by atoms with E-state index in [4.69, 9.17) is 21.7 Å². The fourth-order valence-electron chi connectivity index (χ4n) is 4.80. The summed E-state index contributed by atoms with van der Waals surface area (Å²) in [6.07, 6.45) is 3.84. The summed E-state index contributed by atoms with van der Waals surface area (Å²) in [5, 5.41) is 7.01. The molecule has 1 amide bonds. The molecule has 0 bridgehead atoms. The minimum Gasteiger partial charge on any atom is -0.497 e. The van der Waals surface area contributed by atoms with Crippen LogP contribution in [0.3, 0.4) is 0 Å². The molecule has 2 aromatic carbocycles. The first-order valence-electron chi connectivity index (χ1n) is 12.2. The van der Waals surface area contributed by atoms with Crippen LogP contribution in [0.2, 0.25) is 0 Å². The van der Waals surface area contributed by atoms with E-state index in [1.54, 1.807) is 13.3 Å². The molecule has 0 unspecified atom stereocenters. The Morgan fingerprint density at radius 1 is 1.05 bits per heavy atom. The molecule has 0 aliphatic carbocycles. The van der Waals surface area contributed by atoms with Crippen LogP contribution in [0.1, 0.15) is 29.0 Å². The van der Waals surface area contributed by atoms with Crippen molar-refractivity contribution in [2.75, 3.05) is 31.0 Å². The predicted octanol–water partition coefficient (Wildman–Crippen LogP) is 4.95. The third-order valence-electron chi connectivity index (χ3n) is 6.57. The Hall–Kier alpha value is -4.21. The van der Waals surface area contributed by atoms with Gasteiger partial charge >= 0.3 is 0 Å². The number of benzene rings is 2. The summed E-state index contributed by atoms with van der Waals surface area (Å²) >= 11 is 5.90. The minimum absolute atomic E-state index is 0.00248. The second-order valence-corrected chi connectivity index (χ2v) is 9.36. The first kappa shape index (κ1) is 25.4. The molecular weight excluding hydrogens is 498 g/mol. The summed E-state index contributed by atoms with van der Waals surface area (Å²) in [4.78, 5) is 18.9. The van der Waals surface area contributed by atoms with Crippen molar-refractivity contribution in [3.63, 3.8) is 0 Å². The van der Waals surface area contributed by atoms with Gasteiger partial charge in [-0.3, -0.25) is 9.78 Å². The number of hydrogen-bond donors (Lipinski definition) is 2. The van der Waals surface area contributed by atoms with Gasteiger partial charge in [0.2, 0.25) is 5.91 Å². The van der Waals surface area contributed by atoms with Crippen molar-refractivity contribution in [1.29, 1.82) is 0 Å². The van der Waals surface area contributed by atoms with E-state index in [-0.39, 0.29) is 24.6 Å². The maximum absolute atomic E-state index is 12.1. The highest BCUT2D eigenvalue weighted by atomic mass is 32.1. The Morgan fingerprint density at radius 3 is 2.53 bits per heavy atom. The van der Waals surface area contributed by atoms with E-state index in [9.17, 15) is 4.79 Å². The summed E-state index contributed by atoms with van der Waals surface area (Å²) < 4.78 is 12.5. The smallest absolute Gasteiger partial charge is 0.250 e. The van der Waals surface area contributed by atoms with Crippen LogP contribution in [0, 0.1) is 6.92 Å². The van der Waals surface area contributed by atoms with E-state index < -0.39 is 0 Å². The Labute approximate surface area is 227 Å². The van der Waals surface area contributed by atoms with Gasteiger partial charge in [-0.2, -0.15) is 0 Å². The molecule has 9 heteroatoms. The summed E-state index contributed by atoms with van der Waals surface area (Å²) in [5.41, 5.74) is 5.51. The number of aromatic nitrogens is 2. The molecule has 194 valence electrons. The standard InChI is InChI=1S/C29H29N5O3S/c1-19-17-21(11-14-23(19)31-26(35)18-36-2)34-28(27(32-29(34)38)24-7-4-5-15-30-24)25-8-6-16-33(25)20-9-12-22(37-3)13-10-20/h4-17,27-28H,18H2,1-3H3,(H,31,35)(H,32,38)/t27-,28-/m0/s1. The molecule has 0 spiro atoms. The number of methoxy groups -OCH3 is 2. The second-order valence-electron chi connectivity index (χ2n) is 8.98. The second kappa shape index (κ2) is 11.0. The van der Waals surface area contributed by atoms with Gasteiger partial charge in [-0.1, -0.05) is 6.07 Å². The maximum Gasteiger partial charge on any atom is 0.250 e. The van der Waals surface area contributed by atoms with E-state index in [0.29, 0.717) is 5.11 Å². The van der Waals surface area contributed by atoms with Crippen molar-refractivity contribution in [2.24, 2.45) is 0 Å². The molecule has 1 aliphatic rings. The number of rotatable bonds is 8. The molecule has 2 atom stereocenters. The van der Waals surface area contributed by atoms with E-state index in [1.165, 1.54) is 7.11 Å². The minimum atomic E-state index is -0.202. The van der Waals surface area contributed by atoms with Gasteiger partial charge in [0.15, 0.2) is 5.11 Å². The quantitative estimate of drug-likeness (QED) is 0.314. The van der Waals surface area contributed by atoms with E-state index in [2.05, 4.69) is 31.2 Å². The van der Waals surface area contributed by atoms with Crippen molar-refractivity contribution in [3.05, 3.63) is 102 Å². The van der Waals surface area contributed by atoms with E-state index in [0.717, 1.165) is 39.8 Å². The van der Waals surface area contributed by atoms with Crippen LogP contribution in [0.4, 0.5) is 11.4 Å². The van der Waals surface area contributed by atoms with Crippen molar-refractivity contribution < 1.29 is 14.3 Å². The van der Waals surface area contributed by atoms with Gasteiger partial charge < -0.3 is 29.6 Å². The highest BCUT2D eigenvalue weighted by Gasteiger charge is 2.42. The highest BCUT2D eigenvalue weighted by molar-refractivity contribution is 7.80. The highest BCUT2D eigenvalue weighted by Crippen LogP contribution is 2.43. The van der Waals surface area contributed by atoms with Crippen LogP contribution in [0.25, 0.3) is 5.69 Å². The maximum atomic E-state index is 12.1. The van der Waals surface area contributed by atoms with Gasteiger partial charge in [0, 0.05) is 42.3 Å². The zero-order chi connectivity index (χ0) is 26.6. The zero-order valence-corrected chi connectivity index (χ0v) is 22.2. The van der Waals surface area contributed by atoms with Crippen LogP contribution in [-0.4, -0.2) is 41.4 Å². The van der Waals surface area contributed by atoms with Crippen molar-refractivity contribution in [1.82, 2.24) is 14.9 Å². The molecule has 2 N–H and O–H groups in total. The lowest BCUT2D eigenvalue weighted by Gasteiger charge is -2.29. The fourth-order valence-corrected chi connectivity index (χ4v) is 5.15. The number of thiocarbonyl (C=S) groups is 1. The molecule has 0 radical (unpaired) electrons. The average molecular weight is 528 g/mol. The molecule has 5 rings (SSSR count). The molecular formula is C29H29N5O3S. The Kier molecular flexibility index (Phi) is 7.39. The van der Waals surface area contributed by atoms with Gasteiger partial charge in [-0.05, 0) is 91.4 Å². The first-order valence-corrected chi connectivity index (χ1v) is 12.6. The normalized spacial score (nSPS) is 16.8. The zero-order valence-electron chi connectivity index (χ0n) is 21.4. The number of carbonyl (C=O) groups is 1. The van der Waals surface area contributed by atoms with Crippen molar-refractivity contribution in [3.8, 4) is 11.4 Å². The SMILES string of the molecule is COCC(=O)Nc1ccc(N2C(=S)N[C@@H](c3ccccn3)[C@@H]2c2cccn2-c2ccc(OC)cc2)cc1C. The Bertz CT molecular complexity index is 1440. The molecule has 1 saturated heterocycles. The van der Waals surface area contributed by atoms with Gasteiger partial charge in [0.25, 0.3) is 0 Å². The summed E-state index contributed by atoms with van der Waals surface area (Å²) in [6, 6.07) is 23.5. The lowest BCUT2D eigenvalue weighted by molar-refractivity contribution is -0.119. The van der Waals surface area contributed by atoms with Crippen LogP contribution in [0.15, 0.2) is 85.2 Å².